The van der Waals surface area contributed by atoms with E-state index in [1.807, 2.05) is 0 Å². The Hall–Kier alpha value is -3.18. The molecule has 2 aliphatic heterocycles. The largest absolute Gasteiger partial charge is 0.339 e. The molecule has 1 aromatic heterocycles. The molecule has 0 saturated carbocycles. The predicted molar refractivity (Wildman–Crippen MR) is 114 cm³/mol. The van der Waals surface area contributed by atoms with Crippen LogP contribution in [-0.4, -0.2) is 41.9 Å². The fourth-order valence-electron chi connectivity index (χ4n) is 4.20. The number of piperidine rings is 1. The molecule has 1 atom stereocenters. The maximum atomic E-state index is 14.8. The molecule has 1 N–H and O–H groups in total. The standard InChI is InChI=1S/C22H20F2N4O4S/c23-16-6-3-13(4-7-16)21-26-22(32-27-21)15-2-1-9-28(12-15)33(30,31)19-10-14-5-8-20(29)25-18(14)11-17(19)24/h3-4,6-7,10-11,15H,1-2,5,8-9,12H2,(H,25,29). The molecule has 172 valence electrons. The quantitative estimate of drug-likeness (QED) is 0.621. The highest BCUT2D eigenvalue weighted by atomic mass is 32.2. The Bertz CT molecular complexity index is 1320. The number of sulfonamides is 1. The first-order valence-corrected chi connectivity index (χ1v) is 12.0. The van der Waals surface area contributed by atoms with E-state index in [0.29, 0.717) is 36.1 Å². The van der Waals surface area contributed by atoms with Crippen LogP contribution < -0.4 is 5.32 Å². The van der Waals surface area contributed by atoms with E-state index in [1.165, 1.54) is 34.6 Å². The topological polar surface area (TPSA) is 105 Å². The van der Waals surface area contributed by atoms with Crippen molar-refractivity contribution < 1.29 is 26.5 Å². The van der Waals surface area contributed by atoms with E-state index in [0.717, 1.165) is 6.07 Å². The number of halogens is 2. The fraction of sp³-hybridized carbons (Fsp3) is 0.318. The van der Waals surface area contributed by atoms with Gasteiger partial charge in [-0.2, -0.15) is 9.29 Å². The summed E-state index contributed by atoms with van der Waals surface area (Å²) in [5.74, 6) is -1.30. The number of fused-ring (bicyclic) bond motifs is 1. The van der Waals surface area contributed by atoms with E-state index in [-0.39, 0.29) is 48.9 Å². The smallest absolute Gasteiger partial charge is 0.246 e. The molecule has 33 heavy (non-hydrogen) atoms. The van der Waals surface area contributed by atoms with Crippen molar-refractivity contribution >= 4 is 21.6 Å². The van der Waals surface area contributed by atoms with E-state index in [1.54, 1.807) is 0 Å². The highest BCUT2D eigenvalue weighted by Crippen LogP contribution is 2.34. The minimum atomic E-state index is -4.12. The summed E-state index contributed by atoms with van der Waals surface area (Å²) in [6.07, 6.45) is 1.74. The van der Waals surface area contributed by atoms with Gasteiger partial charge in [-0.25, -0.2) is 17.2 Å². The molecular formula is C22H20F2N4O4S. The lowest BCUT2D eigenvalue weighted by Gasteiger charge is -2.30. The highest BCUT2D eigenvalue weighted by Gasteiger charge is 2.35. The summed E-state index contributed by atoms with van der Waals surface area (Å²) in [7, 11) is -4.12. The van der Waals surface area contributed by atoms with Crippen molar-refractivity contribution in [2.45, 2.75) is 36.5 Å². The molecule has 0 aliphatic carbocycles. The minimum absolute atomic E-state index is 0.0701. The van der Waals surface area contributed by atoms with Gasteiger partial charge in [0, 0.05) is 30.8 Å². The summed E-state index contributed by atoms with van der Waals surface area (Å²) in [6, 6.07) is 8.01. The Morgan fingerprint density at radius 1 is 1.12 bits per heavy atom. The van der Waals surface area contributed by atoms with Gasteiger partial charge in [0.05, 0.1) is 5.92 Å². The lowest BCUT2D eigenvalue weighted by atomic mass is 10.00. The summed E-state index contributed by atoms with van der Waals surface area (Å²) in [5.41, 5.74) is 1.47. The zero-order valence-electron chi connectivity index (χ0n) is 17.4. The number of aromatic nitrogens is 2. The number of aryl methyl sites for hydroxylation is 1. The number of carbonyl (C=O) groups is 1. The van der Waals surface area contributed by atoms with Gasteiger partial charge in [0.25, 0.3) is 0 Å². The Morgan fingerprint density at radius 2 is 1.91 bits per heavy atom. The second-order valence-electron chi connectivity index (χ2n) is 8.15. The van der Waals surface area contributed by atoms with E-state index >= 15 is 0 Å². The molecule has 11 heteroatoms. The van der Waals surface area contributed by atoms with Gasteiger partial charge in [0.1, 0.15) is 16.5 Å². The predicted octanol–water partition coefficient (Wildman–Crippen LogP) is 3.47. The molecule has 0 spiro atoms. The molecule has 1 saturated heterocycles. The molecule has 2 aliphatic rings. The molecule has 0 radical (unpaired) electrons. The third kappa shape index (κ3) is 4.13. The van der Waals surface area contributed by atoms with Crippen molar-refractivity contribution in [3.8, 4) is 11.4 Å². The molecule has 5 rings (SSSR count). The summed E-state index contributed by atoms with van der Waals surface area (Å²) in [6.45, 7) is 0.311. The number of nitrogens with one attached hydrogen (secondary N) is 1. The Morgan fingerprint density at radius 3 is 2.70 bits per heavy atom. The minimum Gasteiger partial charge on any atom is -0.339 e. The van der Waals surface area contributed by atoms with Crippen LogP contribution in [0.3, 0.4) is 0 Å². The van der Waals surface area contributed by atoms with Gasteiger partial charge in [-0.3, -0.25) is 4.79 Å². The first-order valence-electron chi connectivity index (χ1n) is 10.5. The molecule has 2 aromatic carbocycles. The van der Waals surface area contributed by atoms with Crippen molar-refractivity contribution in [1.29, 1.82) is 0 Å². The lowest BCUT2D eigenvalue weighted by Crippen LogP contribution is -2.39. The van der Waals surface area contributed by atoms with Gasteiger partial charge in [-0.15, -0.1) is 0 Å². The zero-order chi connectivity index (χ0) is 23.2. The average Bonchev–Trinajstić information content (AvgIpc) is 3.29. The van der Waals surface area contributed by atoms with Gasteiger partial charge in [-0.1, -0.05) is 5.16 Å². The van der Waals surface area contributed by atoms with E-state index in [4.69, 9.17) is 4.52 Å². The normalized spacial score (nSPS) is 19.2. The molecule has 8 nitrogen and oxygen atoms in total. The van der Waals surface area contributed by atoms with Gasteiger partial charge >= 0.3 is 0 Å². The molecule has 0 bridgehead atoms. The SMILES string of the molecule is O=C1CCc2cc(S(=O)(=O)N3CCCC(c4nc(-c5ccc(F)cc5)no4)C3)c(F)cc2N1. The first-order chi connectivity index (χ1) is 15.8. The van der Waals surface area contributed by atoms with Crippen LogP contribution in [0.1, 0.15) is 36.6 Å². The number of hydrogen-bond acceptors (Lipinski definition) is 6. The summed E-state index contributed by atoms with van der Waals surface area (Å²) >= 11 is 0. The molecule has 3 aromatic rings. The number of benzene rings is 2. The third-order valence-electron chi connectivity index (χ3n) is 5.95. The summed E-state index contributed by atoms with van der Waals surface area (Å²) in [5, 5.41) is 6.50. The molecule has 1 amide bonds. The van der Waals surface area contributed by atoms with Crippen LogP contribution >= 0.6 is 0 Å². The van der Waals surface area contributed by atoms with Gasteiger partial charge in [0.2, 0.25) is 27.6 Å². The molecule has 1 fully saturated rings. The lowest BCUT2D eigenvalue weighted by molar-refractivity contribution is -0.116. The van der Waals surface area contributed by atoms with Crippen LogP contribution in [0.25, 0.3) is 11.4 Å². The average molecular weight is 474 g/mol. The summed E-state index contributed by atoms with van der Waals surface area (Å²) < 4.78 is 61.1. The van der Waals surface area contributed by atoms with E-state index < -0.39 is 20.7 Å². The van der Waals surface area contributed by atoms with Crippen LogP contribution in [0.2, 0.25) is 0 Å². The monoisotopic (exact) mass is 474 g/mol. The van der Waals surface area contributed by atoms with E-state index in [2.05, 4.69) is 15.5 Å². The maximum absolute atomic E-state index is 14.8. The Kier molecular flexibility index (Phi) is 5.45. The van der Waals surface area contributed by atoms with Crippen LogP contribution in [0, 0.1) is 11.6 Å². The third-order valence-corrected chi connectivity index (χ3v) is 7.83. The van der Waals surface area contributed by atoms with E-state index in [9.17, 15) is 22.0 Å². The van der Waals surface area contributed by atoms with Crippen molar-refractivity contribution in [1.82, 2.24) is 14.4 Å². The van der Waals surface area contributed by atoms with Crippen molar-refractivity contribution in [2.75, 3.05) is 18.4 Å². The van der Waals surface area contributed by atoms with Gasteiger partial charge in [-0.05, 0) is 61.2 Å². The number of anilines is 1. The second kappa shape index (κ2) is 8.31. The molecule has 3 heterocycles. The summed E-state index contributed by atoms with van der Waals surface area (Å²) in [4.78, 5) is 15.5. The zero-order valence-corrected chi connectivity index (χ0v) is 18.2. The Labute approximate surface area is 188 Å². The first kappa shape index (κ1) is 21.7. The fourth-order valence-corrected chi connectivity index (χ4v) is 5.82. The highest BCUT2D eigenvalue weighted by molar-refractivity contribution is 7.89. The molecular weight excluding hydrogens is 454 g/mol. The number of rotatable bonds is 4. The van der Waals surface area contributed by atoms with Crippen molar-refractivity contribution in [3.63, 3.8) is 0 Å². The number of amides is 1. The van der Waals surface area contributed by atoms with Crippen LogP contribution in [0.15, 0.2) is 45.8 Å². The van der Waals surface area contributed by atoms with Crippen LogP contribution in [0.5, 0.6) is 0 Å². The van der Waals surface area contributed by atoms with Crippen molar-refractivity contribution in [3.05, 3.63) is 59.5 Å². The second-order valence-corrected chi connectivity index (χ2v) is 10.1. The number of carbonyl (C=O) groups excluding carboxylic acids is 1. The van der Waals surface area contributed by atoms with Crippen molar-refractivity contribution in [2.24, 2.45) is 0 Å². The van der Waals surface area contributed by atoms with Gasteiger partial charge in [0.15, 0.2) is 0 Å². The Balaban J connectivity index is 1.39. The molecule has 1 unspecified atom stereocenters. The van der Waals surface area contributed by atoms with Gasteiger partial charge < -0.3 is 9.84 Å². The van der Waals surface area contributed by atoms with Crippen LogP contribution in [0.4, 0.5) is 14.5 Å². The maximum Gasteiger partial charge on any atom is 0.246 e. The number of nitrogens with zero attached hydrogens (tertiary/aromatic N) is 3. The van der Waals surface area contributed by atoms with Crippen LogP contribution in [-0.2, 0) is 21.2 Å². The number of hydrogen-bond donors (Lipinski definition) is 1.